The van der Waals surface area contributed by atoms with E-state index in [0.717, 1.165) is 19.3 Å². The molecule has 1 aromatic heterocycles. The van der Waals surface area contributed by atoms with Crippen molar-refractivity contribution >= 4 is 23.5 Å². The highest BCUT2D eigenvalue weighted by atomic mass is 16.4. The maximum atomic E-state index is 12.9. The van der Waals surface area contributed by atoms with Crippen molar-refractivity contribution in [2.24, 2.45) is 5.41 Å². The molecule has 0 aliphatic heterocycles. The van der Waals surface area contributed by atoms with Gasteiger partial charge in [0, 0.05) is 11.7 Å². The van der Waals surface area contributed by atoms with Gasteiger partial charge in [-0.15, -0.1) is 0 Å². The Kier molecular flexibility index (Phi) is 4.41. The van der Waals surface area contributed by atoms with Crippen LogP contribution in [0.15, 0.2) is 30.5 Å². The van der Waals surface area contributed by atoms with Gasteiger partial charge in [0.15, 0.2) is 0 Å². The van der Waals surface area contributed by atoms with Crippen molar-refractivity contribution in [1.82, 2.24) is 15.1 Å². The Hall–Kier alpha value is -3.16. The number of carboxylic acid groups (broad SMARTS) is 1. The van der Waals surface area contributed by atoms with Crippen LogP contribution < -0.4 is 10.6 Å². The number of carbonyl (C=O) groups excluding carboxylic acids is 2. The minimum absolute atomic E-state index is 0.125. The summed E-state index contributed by atoms with van der Waals surface area (Å²) in [6.07, 6.45) is 5.22. The first-order chi connectivity index (χ1) is 13.4. The van der Waals surface area contributed by atoms with Crippen molar-refractivity contribution in [3.05, 3.63) is 41.7 Å². The topological polar surface area (TPSA) is 113 Å². The van der Waals surface area contributed by atoms with Crippen LogP contribution in [0.3, 0.4) is 0 Å². The van der Waals surface area contributed by atoms with Gasteiger partial charge in [-0.05, 0) is 50.8 Å². The number of nitrogens with zero attached hydrogens (tertiary/aromatic N) is 2. The predicted octanol–water partition coefficient (Wildman–Crippen LogP) is 2.27. The molecule has 28 heavy (non-hydrogen) atoms. The van der Waals surface area contributed by atoms with E-state index in [1.807, 2.05) is 0 Å². The predicted molar refractivity (Wildman–Crippen MR) is 101 cm³/mol. The zero-order valence-corrected chi connectivity index (χ0v) is 15.6. The number of aromatic nitrogens is 2. The van der Waals surface area contributed by atoms with Crippen LogP contribution in [0.2, 0.25) is 0 Å². The molecule has 2 aliphatic rings. The minimum Gasteiger partial charge on any atom is -0.478 e. The van der Waals surface area contributed by atoms with Gasteiger partial charge in [-0.25, -0.2) is 9.48 Å². The van der Waals surface area contributed by atoms with Gasteiger partial charge in [0.05, 0.1) is 17.6 Å². The molecule has 2 aromatic rings. The average molecular weight is 382 g/mol. The number of aromatic carboxylic acids is 1. The monoisotopic (exact) mass is 382 g/mol. The molecule has 4 rings (SSSR count). The lowest BCUT2D eigenvalue weighted by Gasteiger charge is -2.38. The number of hydrogen-bond acceptors (Lipinski definition) is 4. The minimum atomic E-state index is -1.04. The molecule has 0 bridgehead atoms. The zero-order chi connectivity index (χ0) is 19.9. The van der Waals surface area contributed by atoms with Crippen LogP contribution in [0.4, 0.5) is 5.69 Å². The maximum Gasteiger partial charge on any atom is 0.339 e. The molecule has 0 spiro atoms. The maximum absolute atomic E-state index is 12.9. The summed E-state index contributed by atoms with van der Waals surface area (Å²) in [4.78, 5) is 36.7. The van der Waals surface area contributed by atoms with Crippen molar-refractivity contribution in [2.45, 2.75) is 45.1 Å². The fourth-order valence-electron chi connectivity index (χ4n) is 3.48. The van der Waals surface area contributed by atoms with Gasteiger partial charge in [0.1, 0.15) is 11.0 Å². The van der Waals surface area contributed by atoms with Crippen LogP contribution in [0.1, 0.15) is 48.2 Å². The van der Waals surface area contributed by atoms with E-state index in [9.17, 15) is 19.5 Å². The molecule has 0 atom stereocenters. The molecule has 2 aliphatic carbocycles. The summed E-state index contributed by atoms with van der Waals surface area (Å²) < 4.78 is 1.51. The van der Waals surface area contributed by atoms with Gasteiger partial charge in [-0.3, -0.25) is 9.59 Å². The molecule has 1 aromatic carbocycles. The highest BCUT2D eigenvalue weighted by molar-refractivity contribution is 6.11. The van der Waals surface area contributed by atoms with E-state index in [0.29, 0.717) is 29.9 Å². The fourth-order valence-corrected chi connectivity index (χ4v) is 3.48. The van der Waals surface area contributed by atoms with Crippen LogP contribution in [-0.2, 0) is 9.59 Å². The highest BCUT2D eigenvalue weighted by Crippen LogP contribution is 2.43. The first kappa shape index (κ1) is 18.2. The summed E-state index contributed by atoms with van der Waals surface area (Å²) >= 11 is 0. The molecule has 8 heteroatoms. The van der Waals surface area contributed by atoms with Crippen molar-refractivity contribution in [1.29, 1.82) is 0 Å². The summed E-state index contributed by atoms with van der Waals surface area (Å²) in [5.74, 6) is -1.51. The number of rotatable bonds is 6. The Labute approximate surface area is 161 Å². The molecule has 3 N–H and O–H groups in total. The van der Waals surface area contributed by atoms with E-state index in [4.69, 9.17) is 0 Å². The number of carbonyl (C=O) groups is 3. The van der Waals surface area contributed by atoms with Gasteiger partial charge < -0.3 is 15.7 Å². The Bertz CT molecular complexity index is 957. The van der Waals surface area contributed by atoms with Gasteiger partial charge >= 0.3 is 5.97 Å². The third-order valence-electron chi connectivity index (χ3n) is 5.58. The van der Waals surface area contributed by atoms with Gasteiger partial charge in [-0.1, -0.05) is 12.5 Å². The van der Waals surface area contributed by atoms with E-state index in [2.05, 4.69) is 15.7 Å². The largest absolute Gasteiger partial charge is 0.478 e. The number of anilines is 1. The zero-order valence-electron chi connectivity index (χ0n) is 15.6. The van der Waals surface area contributed by atoms with E-state index in [-0.39, 0.29) is 23.4 Å². The van der Waals surface area contributed by atoms with Crippen LogP contribution in [0, 0.1) is 12.3 Å². The number of hydrogen-bond donors (Lipinski definition) is 3. The molecule has 0 radical (unpaired) electrons. The summed E-state index contributed by atoms with van der Waals surface area (Å²) in [5, 5.41) is 19.1. The van der Waals surface area contributed by atoms with Gasteiger partial charge in [0.25, 0.3) is 0 Å². The standard InChI is InChI=1S/C20H22N4O4/c1-12-16(17(25)26)11-21-24(12)15-5-2-4-14(10-15)23-19(28)20(8-3-9-20)18(27)22-13-6-7-13/h2,4-5,10-11,13H,3,6-9H2,1H3,(H,22,27)(H,23,28)(H,25,26). The second-order valence-electron chi connectivity index (χ2n) is 7.55. The molecular weight excluding hydrogens is 360 g/mol. The molecule has 1 heterocycles. The summed E-state index contributed by atoms with van der Waals surface area (Å²) in [6.45, 7) is 1.67. The summed E-state index contributed by atoms with van der Waals surface area (Å²) in [6, 6.07) is 7.20. The summed E-state index contributed by atoms with van der Waals surface area (Å²) in [5.41, 5.74) is 0.805. The molecule has 2 fully saturated rings. The van der Waals surface area contributed by atoms with Crippen LogP contribution in [0.25, 0.3) is 5.69 Å². The number of benzene rings is 1. The van der Waals surface area contributed by atoms with Crippen molar-refractivity contribution in [2.75, 3.05) is 5.32 Å². The smallest absolute Gasteiger partial charge is 0.339 e. The van der Waals surface area contributed by atoms with Gasteiger partial charge in [0.2, 0.25) is 11.8 Å². The second-order valence-corrected chi connectivity index (χ2v) is 7.55. The molecular formula is C20H22N4O4. The van der Waals surface area contributed by atoms with Crippen LogP contribution in [-0.4, -0.2) is 38.7 Å². The molecule has 8 nitrogen and oxygen atoms in total. The van der Waals surface area contributed by atoms with Crippen LogP contribution in [0.5, 0.6) is 0 Å². The first-order valence-electron chi connectivity index (χ1n) is 9.41. The molecule has 0 unspecified atom stereocenters. The first-order valence-corrected chi connectivity index (χ1v) is 9.41. The average Bonchev–Trinajstić information content (AvgIpc) is 3.32. The molecule has 146 valence electrons. The summed E-state index contributed by atoms with van der Waals surface area (Å²) in [7, 11) is 0. The fraction of sp³-hybridized carbons (Fsp3) is 0.400. The third kappa shape index (κ3) is 3.15. The quantitative estimate of drug-likeness (QED) is 0.663. The van der Waals surface area contributed by atoms with Crippen molar-refractivity contribution in [3.8, 4) is 5.69 Å². The van der Waals surface area contributed by atoms with E-state index in [1.54, 1.807) is 31.2 Å². The van der Waals surface area contributed by atoms with E-state index >= 15 is 0 Å². The Morgan fingerprint density at radius 1 is 1.21 bits per heavy atom. The number of nitrogens with one attached hydrogen (secondary N) is 2. The third-order valence-corrected chi connectivity index (χ3v) is 5.58. The van der Waals surface area contributed by atoms with Crippen molar-refractivity contribution in [3.63, 3.8) is 0 Å². The van der Waals surface area contributed by atoms with E-state index < -0.39 is 11.4 Å². The van der Waals surface area contributed by atoms with Gasteiger partial charge in [-0.2, -0.15) is 5.10 Å². The second kappa shape index (κ2) is 6.78. The van der Waals surface area contributed by atoms with E-state index in [1.165, 1.54) is 10.9 Å². The lowest BCUT2D eigenvalue weighted by atomic mass is 9.67. The Morgan fingerprint density at radius 2 is 1.96 bits per heavy atom. The Balaban J connectivity index is 1.54. The number of carboxylic acids is 1. The number of amides is 2. The lowest BCUT2D eigenvalue weighted by molar-refractivity contribution is -0.146. The molecule has 2 amide bonds. The SMILES string of the molecule is Cc1c(C(=O)O)cnn1-c1cccc(NC(=O)C2(C(=O)NC3CC3)CCC2)c1. The normalized spacial score (nSPS) is 17.5. The highest BCUT2D eigenvalue weighted by Gasteiger charge is 2.51. The molecule has 2 saturated carbocycles. The van der Waals surface area contributed by atoms with Crippen LogP contribution >= 0.6 is 0 Å². The lowest BCUT2D eigenvalue weighted by Crippen LogP contribution is -2.53. The molecule has 0 saturated heterocycles. The Morgan fingerprint density at radius 3 is 2.54 bits per heavy atom. The van der Waals surface area contributed by atoms with Crippen molar-refractivity contribution < 1.29 is 19.5 Å².